The predicted molar refractivity (Wildman–Crippen MR) is 98.5 cm³/mol. The number of sulfone groups is 1. The third-order valence-corrected chi connectivity index (χ3v) is 8.29. The molecule has 1 aromatic rings. The highest BCUT2D eigenvalue weighted by Crippen LogP contribution is 2.42. The molecule has 7 heteroatoms. The Kier molecular flexibility index (Phi) is 4.86. The molecule has 1 aliphatic carbocycles. The first-order chi connectivity index (χ1) is 12.2. The maximum absolute atomic E-state index is 13.5. The van der Waals surface area contributed by atoms with Crippen molar-refractivity contribution in [2.45, 2.75) is 61.6 Å². The van der Waals surface area contributed by atoms with Crippen LogP contribution in [0.25, 0.3) is 0 Å². The molecule has 0 bridgehead atoms. The summed E-state index contributed by atoms with van der Waals surface area (Å²) in [7, 11) is -2.14. The van der Waals surface area contributed by atoms with E-state index in [1.165, 1.54) is 0 Å². The Morgan fingerprint density at radius 2 is 1.88 bits per heavy atom. The molecule has 2 amide bonds. The minimum Gasteiger partial charge on any atom is -0.350 e. The molecule has 2 fully saturated rings. The van der Waals surface area contributed by atoms with E-state index in [1.54, 1.807) is 31.0 Å². The van der Waals surface area contributed by atoms with Crippen LogP contribution in [-0.4, -0.2) is 49.5 Å². The van der Waals surface area contributed by atoms with Gasteiger partial charge in [0.2, 0.25) is 11.8 Å². The van der Waals surface area contributed by atoms with Crippen molar-refractivity contribution >= 4 is 21.7 Å². The molecule has 6 nitrogen and oxygen atoms in total. The van der Waals surface area contributed by atoms with Gasteiger partial charge in [-0.15, -0.1) is 0 Å². The van der Waals surface area contributed by atoms with Gasteiger partial charge in [-0.25, -0.2) is 8.42 Å². The number of carbonyl (C=O) groups is 2. The smallest absolute Gasteiger partial charge is 0.242 e. The molecule has 3 rings (SSSR count). The summed E-state index contributed by atoms with van der Waals surface area (Å²) in [6.45, 7) is 4.03. The highest BCUT2D eigenvalue weighted by molar-refractivity contribution is 7.93. The Hall–Kier alpha value is -1.89. The maximum Gasteiger partial charge on any atom is 0.242 e. The van der Waals surface area contributed by atoms with Gasteiger partial charge in [0.05, 0.1) is 10.9 Å². The van der Waals surface area contributed by atoms with Crippen molar-refractivity contribution in [1.29, 1.82) is 0 Å². The van der Waals surface area contributed by atoms with Crippen molar-refractivity contribution in [3.05, 3.63) is 29.3 Å². The van der Waals surface area contributed by atoms with E-state index >= 15 is 0 Å². The molecule has 0 spiro atoms. The number of likely N-dealkylation sites (N-methyl/N-ethyl adjacent to an activating group) is 1. The first-order valence-electron chi connectivity index (χ1n) is 9.04. The lowest BCUT2D eigenvalue weighted by atomic mass is 10.1. The van der Waals surface area contributed by atoms with E-state index in [9.17, 15) is 18.0 Å². The van der Waals surface area contributed by atoms with Gasteiger partial charge in [-0.1, -0.05) is 25.0 Å². The number of benzene rings is 1. The fourth-order valence-electron chi connectivity index (χ4n) is 4.05. The molecular formula is C19H26N2O4S. The molecule has 1 atom stereocenters. The lowest BCUT2D eigenvalue weighted by molar-refractivity contribution is -0.126. The number of aryl methyl sites for hydroxylation is 2. The van der Waals surface area contributed by atoms with Gasteiger partial charge >= 0.3 is 0 Å². The minimum absolute atomic E-state index is 0.0341. The minimum atomic E-state index is -3.83. The monoisotopic (exact) mass is 378 g/mol. The Morgan fingerprint density at radius 1 is 1.23 bits per heavy atom. The van der Waals surface area contributed by atoms with E-state index in [2.05, 4.69) is 5.32 Å². The number of nitrogens with zero attached hydrogens (tertiary/aromatic N) is 1. The number of likely N-dealkylation sites (tertiary alicyclic amines) is 1. The van der Waals surface area contributed by atoms with Crippen LogP contribution in [0.5, 0.6) is 0 Å². The van der Waals surface area contributed by atoms with Gasteiger partial charge in [-0.3, -0.25) is 9.59 Å². The number of carbonyl (C=O) groups excluding carboxylic acids is 2. The number of hydrogen-bond acceptors (Lipinski definition) is 4. The molecule has 26 heavy (non-hydrogen) atoms. The summed E-state index contributed by atoms with van der Waals surface area (Å²) < 4.78 is 25.6. The number of amides is 2. The van der Waals surface area contributed by atoms with Crippen LogP contribution in [-0.2, 0) is 19.4 Å². The fraction of sp³-hybridized carbons (Fsp3) is 0.579. The molecule has 2 aliphatic rings. The van der Waals surface area contributed by atoms with Gasteiger partial charge < -0.3 is 10.2 Å². The number of rotatable bonds is 4. The molecule has 1 aliphatic heterocycles. The third kappa shape index (κ3) is 3.02. The van der Waals surface area contributed by atoms with Crippen molar-refractivity contribution in [1.82, 2.24) is 10.2 Å². The lowest BCUT2D eigenvalue weighted by Crippen LogP contribution is -2.53. The van der Waals surface area contributed by atoms with Gasteiger partial charge in [-0.05, 0) is 43.9 Å². The second-order valence-corrected chi connectivity index (χ2v) is 9.85. The summed E-state index contributed by atoms with van der Waals surface area (Å²) in [5.41, 5.74) is 1.51. The molecule has 142 valence electrons. The zero-order valence-electron chi connectivity index (χ0n) is 15.5. The van der Waals surface area contributed by atoms with E-state index in [-0.39, 0.29) is 23.3 Å². The average Bonchev–Trinajstić information content (AvgIpc) is 3.18. The number of hydrogen-bond donors (Lipinski definition) is 1. The zero-order chi connectivity index (χ0) is 19.1. The SMILES string of the molecule is Cc1ccc(C)c(S(=O)(=O)C2(C(=O)NC3CC(=O)N(C)C3)CCCC2)c1. The van der Waals surface area contributed by atoms with Crippen molar-refractivity contribution in [2.75, 3.05) is 13.6 Å². The zero-order valence-corrected chi connectivity index (χ0v) is 16.4. The van der Waals surface area contributed by atoms with E-state index in [0.29, 0.717) is 37.8 Å². The summed E-state index contributed by atoms with van der Waals surface area (Å²) >= 11 is 0. The van der Waals surface area contributed by atoms with E-state index in [4.69, 9.17) is 0 Å². The molecule has 1 saturated carbocycles. The third-order valence-electron chi connectivity index (χ3n) is 5.65. The van der Waals surface area contributed by atoms with Crippen molar-refractivity contribution in [3.63, 3.8) is 0 Å². The summed E-state index contributed by atoms with van der Waals surface area (Å²) in [6.07, 6.45) is 2.29. The van der Waals surface area contributed by atoms with Crippen LogP contribution in [0.2, 0.25) is 0 Å². The van der Waals surface area contributed by atoms with Gasteiger partial charge in [0.25, 0.3) is 0 Å². The number of nitrogens with one attached hydrogen (secondary N) is 1. The van der Waals surface area contributed by atoms with E-state index in [1.807, 2.05) is 13.0 Å². The molecule has 1 aromatic carbocycles. The van der Waals surface area contributed by atoms with Crippen molar-refractivity contribution in [3.8, 4) is 0 Å². The fourth-order valence-corrected chi connectivity index (χ4v) is 6.43. The topological polar surface area (TPSA) is 83.5 Å². The highest BCUT2D eigenvalue weighted by atomic mass is 32.2. The molecule has 1 N–H and O–H groups in total. The van der Waals surface area contributed by atoms with Crippen LogP contribution in [0.3, 0.4) is 0 Å². The van der Waals surface area contributed by atoms with Crippen LogP contribution in [0, 0.1) is 13.8 Å². The molecule has 1 unspecified atom stereocenters. The highest BCUT2D eigenvalue weighted by Gasteiger charge is 2.54. The van der Waals surface area contributed by atoms with E-state index in [0.717, 1.165) is 5.56 Å². The largest absolute Gasteiger partial charge is 0.350 e. The summed E-state index contributed by atoms with van der Waals surface area (Å²) in [5, 5.41) is 2.85. The van der Waals surface area contributed by atoms with Crippen LogP contribution < -0.4 is 5.32 Å². The molecule has 0 radical (unpaired) electrons. The summed E-state index contributed by atoms with van der Waals surface area (Å²) in [5.74, 6) is -0.489. The molecule has 1 heterocycles. The molecular weight excluding hydrogens is 352 g/mol. The quantitative estimate of drug-likeness (QED) is 0.865. The van der Waals surface area contributed by atoms with Gasteiger partial charge in [0.1, 0.15) is 0 Å². The van der Waals surface area contributed by atoms with Crippen molar-refractivity contribution < 1.29 is 18.0 Å². The Bertz CT molecular complexity index is 841. The second-order valence-electron chi connectivity index (χ2n) is 7.62. The standard InChI is InChI=1S/C19H26N2O4S/c1-13-6-7-14(2)16(10-13)26(24,25)19(8-4-5-9-19)18(23)20-15-11-17(22)21(3)12-15/h6-7,10,15H,4-5,8-9,11-12H2,1-3H3,(H,20,23). The van der Waals surface area contributed by atoms with Crippen molar-refractivity contribution in [2.24, 2.45) is 0 Å². The Morgan fingerprint density at radius 3 is 2.46 bits per heavy atom. The maximum atomic E-state index is 13.5. The van der Waals surface area contributed by atoms with Crippen LogP contribution in [0.1, 0.15) is 43.2 Å². The van der Waals surface area contributed by atoms with Gasteiger partial charge in [-0.2, -0.15) is 0 Å². The van der Waals surface area contributed by atoms with E-state index < -0.39 is 20.5 Å². The van der Waals surface area contributed by atoms with Crippen LogP contribution in [0.4, 0.5) is 0 Å². The van der Waals surface area contributed by atoms with Crippen LogP contribution in [0.15, 0.2) is 23.1 Å². The summed E-state index contributed by atoms with van der Waals surface area (Å²) in [4.78, 5) is 26.7. The molecule has 1 saturated heterocycles. The van der Waals surface area contributed by atoms with Crippen LogP contribution >= 0.6 is 0 Å². The Labute approximate surface area is 154 Å². The normalized spacial score (nSPS) is 22.7. The van der Waals surface area contributed by atoms with Gasteiger partial charge in [0, 0.05) is 20.0 Å². The molecule has 0 aromatic heterocycles. The summed E-state index contributed by atoms with van der Waals surface area (Å²) in [6, 6.07) is 4.99. The first kappa shape index (κ1) is 18.9. The average molecular weight is 378 g/mol. The predicted octanol–water partition coefficient (Wildman–Crippen LogP) is 1.74. The lowest BCUT2D eigenvalue weighted by Gasteiger charge is -2.29. The van der Waals surface area contributed by atoms with Gasteiger partial charge in [0.15, 0.2) is 14.6 Å². The first-order valence-corrected chi connectivity index (χ1v) is 10.5. The second kappa shape index (κ2) is 6.68. The Balaban J connectivity index is 1.96.